The minimum absolute atomic E-state index is 0.783. The predicted octanol–water partition coefficient (Wildman–Crippen LogP) is 2.44. The second-order valence-corrected chi connectivity index (χ2v) is 6.48. The Bertz CT molecular complexity index is 550. The van der Waals surface area contributed by atoms with E-state index in [1.807, 2.05) is 11.3 Å². The molecule has 3 rings (SSSR count). The summed E-state index contributed by atoms with van der Waals surface area (Å²) in [6.07, 6.45) is 3.14. The molecule has 0 bridgehead atoms. The van der Waals surface area contributed by atoms with Crippen molar-refractivity contribution in [2.75, 3.05) is 19.6 Å². The summed E-state index contributed by atoms with van der Waals surface area (Å²) in [6, 6.07) is 10.6. The van der Waals surface area contributed by atoms with Crippen molar-refractivity contribution in [2.24, 2.45) is 5.73 Å². The van der Waals surface area contributed by atoms with Gasteiger partial charge in [-0.1, -0.05) is 30.3 Å². The standard InChI is InChI=1S/C16H21N3S/c17-8-4-9-19-10-7-14-15(12-19)20-16(18-14)11-13-5-2-1-3-6-13/h1-3,5-6H,4,7-12,17H2. The van der Waals surface area contributed by atoms with Gasteiger partial charge in [0.25, 0.3) is 0 Å². The number of nitrogens with two attached hydrogens (primary N) is 1. The molecule has 2 N–H and O–H groups in total. The van der Waals surface area contributed by atoms with Crippen molar-refractivity contribution in [1.82, 2.24) is 9.88 Å². The van der Waals surface area contributed by atoms with Crippen molar-refractivity contribution in [3.05, 3.63) is 51.5 Å². The van der Waals surface area contributed by atoms with Gasteiger partial charge in [-0.3, -0.25) is 4.90 Å². The van der Waals surface area contributed by atoms with Crippen LogP contribution in [0.1, 0.15) is 27.6 Å². The summed E-state index contributed by atoms with van der Waals surface area (Å²) >= 11 is 1.88. The third-order valence-electron chi connectivity index (χ3n) is 3.73. The molecule has 0 aliphatic carbocycles. The highest BCUT2D eigenvalue weighted by Crippen LogP contribution is 2.26. The molecule has 0 saturated heterocycles. The number of thiazole rings is 1. The molecule has 0 unspecified atom stereocenters. The zero-order chi connectivity index (χ0) is 13.8. The number of fused-ring (bicyclic) bond motifs is 1. The van der Waals surface area contributed by atoms with Crippen LogP contribution in [0, 0.1) is 0 Å². The van der Waals surface area contributed by atoms with E-state index in [0.717, 1.165) is 45.4 Å². The van der Waals surface area contributed by atoms with E-state index in [0.29, 0.717) is 0 Å². The Labute approximate surface area is 124 Å². The van der Waals surface area contributed by atoms with E-state index in [-0.39, 0.29) is 0 Å². The molecule has 106 valence electrons. The van der Waals surface area contributed by atoms with Crippen LogP contribution in [-0.4, -0.2) is 29.5 Å². The number of rotatable bonds is 5. The average molecular weight is 287 g/mol. The van der Waals surface area contributed by atoms with Gasteiger partial charge in [0.15, 0.2) is 0 Å². The third kappa shape index (κ3) is 3.26. The van der Waals surface area contributed by atoms with Crippen molar-refractivity contribution in [3.8, 4) is 0 Å². The Morgan fingerprint density at radius 3 is 2.90 bits per heavy atom. The van der Waals surface area contributed by atoms with Crippen LogP contribution in [0.15, 0.2) is 30.3 Å². The lowest BCUT2D eigenvalue weighted by molar-refractivity contribution is 0.254. The van der Waals surface area contributed by atoms with E-state index in [1.54, 1.807) is 0 Å². The lowest BCUT2D eigenvalue weighted by atomic mass is 10.1. The SMILES string of the molecule is NCCCN1CCc2nc(Cc3ccccc3)sc2C1. The van der Waals surface area contributed by atoms with Crippen LogP contribution in [-0.2, 0) is 19.4 Å². The van der Waals surface area contributed by atoms with Gasteiger partial charge in [-0.25, -0.2) is 4.98 Å². The predicted molar refractivity (Wildman–Crippen MR) is 84.0 cm³/mol. The summed E-state index contributed by atoms with van der Waals surface area (Å²) in [5, 5.41) is 1.25. The van der Waals surface area contributed by atoms with Crippen molar-refractivity contribution in [3.63, 3.8) is 0 Å². The molecule has 2 heterocycles. The minimum Gasteiger partial charge on any atom is -0.330 e. The van der Waals surface area contributed by atoms with Gasteiger partial charge in [0, 0.05) is 30.8 Å². The summed E-state index contributed by atoms with van der Waals surface area (Å²) in [6.45, 7) is 4.08. The Morgan fingerprint density at radius 2 is 2.10 bits per heavy atom. The molecule has 2 aromatic rings. The maximum absolute atomic E-state index is 5.59. The fourth-order valence-electron chi connectivity index (χ4n) is 2.65. The van der Waals surface area contributed by atoms with E-state index in [2.05, 4.69) is 35.2 Å². The highest BCUT2D eigenvalue weighted by molar-refractivity contribution is 7.11. The van der Waals surface area contributed by atoms with Gasteiger partial charge in [0.1, 0.15) is 0 Å². The molecule has 1 aliphatic heterocycles. The molecule has 0 atom stereocenters. The number of hydrogen-bond acceptors (Lipinski definition) is 4. The highest BCUT2D eigenvalue weighted by atomic mass is 32.1. The minimum atomic E-state index is 0.783. The molecule has 0 fully saturated rings. The molecular formula is C16H21N3S. The largest absolute Gasteiger partial charge is 0.330 e. The molecule has 4 heteroatoms. The second-order valence-electron chi connectivity index (χ2n) is 5.31. The van der Waals surface area contributed by atoms with Gasteiger partial charge in [-0.05, 0) is 25.1 Å². The van der Waals surface area contributed by atoms with Crippen molar-refractivity contribution < 1.29 is 0 Å². The Morgan fingerprint density at radius 1 is 1.25 bits per heavy atom. The van der Waals surface area contributed by atoms with Crippen LogP contribution < -0.4 is 5.73 Å². The van der Waals surface area contributed by atoms with Gasteiger partial charge in [0.2, 0.25) is 0 Å². The van der Waals surface area contributed by atoms with Crippen molar-refractivity contribution in [2.45, 2.75) is 25.8 Å². The molecule has 1 aromatic heterocycles. The van der Waals surface area contributed by atoms with Gasteiger partial charge < -0.3 is 5.73 Å². The molecule has 0 saturated carbocycles. The van der Waals surface area contributed by atoms with E-state index in [4.69, 9.17) is 10.7 Å². The number of aromatic nitrogens is 1. The molecule has 0 amide bonds. The van der Waals surface area contributed by atoms with Crippen LogP contribution in [0.2, 0.25) is 0 Å². The Kier molecular flexibility index (Phi) is 4.45. The monoisotopic (exact) mass is 287 g/mol. The molecule has 1 aromatic carbocycles. The smallest absolute Gasteiger partial charge is 0.0975 e. The fraction of sp³-hybridized carbons (Fsp3) is 0.438. The number of benzene rings is 1. The topological polar surface area (TPSA) is 42.1 Å². The molecule has 20 heavy (non-hydrogen) atoms. The molecule has 1 aliphatic rings. The van der Waals surface area contributed by atoms with Gasteiger partial charge in [-0.2, -0.15) is 0 Å². The molecule has 0 radical (unpaired) electrons. The van der Waals surface area contributed by atoms with Crippen molar-refractivity contribution >= 4 is 11.3 Å². The van der Waals surface area contributed by atoms with Crippen LogP contribution in [0.25, 0.3) is 0 Å². The van der Waals surface area contributed by atoms with Crippen molar-refractivity contribution in [1.29, 1.82) is 0 Å². The van der Waals surface area contributed by atoms with E-state index >= 15 is 0 Å². The first-order chi connectivity index (χ1) is 9.85. The van der Waals surface area contributed by atoms with E-state index < -0.39 is 0 Å². The lowest BCUT2D eigenvalue weighted by Gasteiger charge is -2.25. The van der Waals surface area contributed by atoms with Crippen LogP contribution in [0.5, 0.6) is 0 Å². The maximum atomic E-state index is 5.59. The lowest BCUT2D eigenvalue weighted by Crippen LogP contribution is -2.31. The summed E-state index contributed by atoms with van der Waals surface area (Å²) in [5.74, 6) is 0. The fourth-order valence-corrected chi connectivity index (χ4v) is 3.85. The normalized spacial score (nSPS) is 15.2. The zero-order valence-corrected chi connectivity index (χ0v) is 12.5. The molecule has 3 nitrogen and oxygen atoms in total. The van der Waals surface area contributed by atoms with E-state index in [1.165, 1.54) is 21.1 Å². The summed E-state index contributed by atoms with van der Waals surface area (Å²) < 4.78 is 0. The first kappa shape index (κ1) is 13.7. The Hall–Kier alpha value is -1.23. The summed E-state index contributed by atoms with van der Waals surface area (Å²) in [4.78, 5) is 8.79. The summed E-state index contributed by atoms with van der Waals surface area (Å²) in [5.41, 5.74) is 8.26. The average Bonchev–Trinajstić information content (AvgIpc) is 2.87. The van der Waals surface area contributed by atoms with Crippen LogP contribution in [0.3, 0.4) is 0 Å². The third-order valence-corrected chi connectivity index (χ3v) is 4.81. The zero-order valence-electron chi connectivity index (χ0n) is 11.7. The Balaban J connectivity index is 1.67. The first-order valence-corrected chi connectivity index (χ1v) is 8.10. The van der Waals surface area contributed by atoms with E-state index in [9.17, 15) is 0 Å². The molecule has 0 spiro atoms. The highest BCUT2D eigenvalue weighted by Gasteiger charge is 2.20. The van der Waals surface area contributed by atoms with Gasteiger partial charge in [-0.15, -0.1) is 11.3 Å². The van der Waals surface area contributed by atoms with Gasteiger partial charge >= 0.3 is 0 Å². The van der Waals surface area contributed by atoms with Crippen LogP contribution in [0.4, 0.5) is 0 Å². The number of hydrogen-bond donors (Lipinski definition) is 1. The van der Waals surface area contributed by atoms with Crippen LogP contribution >= 0.6 is 11.3 Å². The van der Waals surface area contributed by atoms with Gasteiger partial charge in [0.05, 0.1) is 10.7 Å². The number of nitrogens with zero attached hydrogens (tertiary/aromatic N) is 2. The quantitative estimate of drug-likeness (QED) is 0.918. The molecular weight excluding hydrogens is 266 g/mol. The maximum Gasteiger partial charge on any atom is 0.0975 e. The summed E-state index contributed by atoms with van der Waals surface area (Å²) in [7, 11) is 0. The second kappa shape index (κ2) is 6.48. The first-order valence-electron chi connectivity index (χ1n) is 7.29.